The molecule has 3 aromatic rings. The first-order valence-electron chi connectivity index (χ1n) is 8.15. The van der Waals surface area contributed by atoms with E-state index in [4.69, 9.17) is 0 Å². The van der Waals surface area contributed by atoms with E-state index in [9.17, 15) is 48.1 Å². The number of nitrogens with zero attached hydrogens (tertiary/aromatic N) is 2. The van der Waals surface area contributed by atoms with Crippen LogP contribution in [0.3, 0.4) is 0 Å². The summed E-state index contributed by atoms with van der Waals surface area (Å²) < 4.78 is 95.7. The van der Waals surface area contributed by atoms with Crippen molar-refractivity contribution in [3.05, 3.63) is 42.5 Å². The van der Waals surface area contributed by atoms with E-state index in [0.29, 0.717) is 18.2 Å². The molecule has 0 radical (unpaired) electrons. The fraction of sp³-hybridized carbons (Fsp3) is 0. The second-order valence-corrected chi connectivity index (χ2v) is 12.4. The predicted octanol–water partition coefficient (Wildman–Crippen LogP) is 0.721. The van der Waals surface area contributed by atoms with Crippen molar-refractivity contribution in [3.8, 4) is 11.5 Å². The number of hydrogen-bond acceptors (Lipinski definition) is 9. The van der Waals surface area contributed by atoms with E-state index in [1.807, 2.05) is 0 Å². The number of phenols is 2. The minimum absolute atomic E-state index is 0.363. The van der Waals surface area contributed by atoms with E-state index < -0.39 is 76.5 Å². The van der Waals surface area contributed by atoms with Gasteiger partial charge in [-0.3, -0.25) is 0 Å². The third-order valence-electron chi connectivity index (χ3n) is 4.13. The molecule has 0 unspecified atom stereocenters. The van der Waals surface area contributed by atoms with Gasteiger partial charge in [-0.2, -0.15) is 0 Å². The molecular weight excluding hydrogens is 535 g/mol. The quantitative estimate of drug-likeness (QED) is 0.148. The van der Waals surface area contributed by atoms with Crippen molar-refractivity contribution in [1.29, 1.82) is 0 Å². The number of hydrogen-bond donors (Lipinski definition) is 6. The summed E-state index contributed by atoms with van der Waals surface area (Å²) in [7, 11) is -10.0. The topological polar surface area (TPSA) is 231 Å². The second-order valence-electron chi connectivity index (χ2n) is 6.29. The number of fused-ring (bicyclic) bond motifs is 1. The molecule has 0 aromatic heterocycles. The number of azo groups is 1. The summed E-state index contributed by atoms with van der Waals surface area (Å²) in [5.41, 5.74) is -1.15. The molecule has 3 aromatic carbocycles. The summed E-state index contributed by atoms with van der Waals surface area (Å²) in [5.74, 6) is -1.77. The molecule has 13 nitrogen and oxygen atoms in total. The fourth-order valence-electron chi connectivity index (χ4n) is 2.80. The standard InChI is InChI=1S/C16H13AsN2O11S2/c20-12-6-8(31(25,26)27)5-9-15(12)13(21)7-14(32(28,29)30)16(9)19-18-11-4-2-1-3-10(11)17(22,23)24/h1-7,20-21H,(H2,22,23,24)(H,25,26,27)(H,28,29,30). The van der Waals surface area contributed by atoms with Crippen LogP contribution in [0.1, 0.15) is 0 Å². The molecule has 0 spiro atoms. The summed E-state index contributed by atoms with van der Waals surface area (Å²) >= 11 is -5.50. The summed E-state index contributed by atoms with van der Waals surface area (Å²) in [6.45, 7) is 0. The van der Waals surface area contributed by atoms with Crippen LogP contribution in [0.4, 0.5) is 11.4 Å². The van der Waals surface area contributed by atoms with E-state index in [1.54, 1.807) is 0 Å². The first kappa shape index (κ1) is 23.9. The molecule has 0 bridgehead atoms. The van der Waals surface area contributed by atoms with Gasteiger partial charge in [0.15, 0.2) is 0 Å². The number of benzene rings is 3. The Hall–Kier alpha value is -2.78. The van der Waals surface area contributed by atoms with Gasteiger partial charge in [0.1, 0.15) is 0 Å². The molecule has 0 heterocycles. The Morgan fingerprint density at radius 1 is 0.812 bits per heavy atom. The Balaban J connectivity index is 2.45. The van der Waals surface area contributed by atoms with Crippen molar-refractivity contribution in [2.45, 2.75) is 9.79 Å². The zero-order valence-electron chi connectivity index (χ0n) is 15.4. The third kappa shape index (κ3) is 4.68. The van der Waals surface area contributed by atoms with Gasteiger partial charge in [0.25, 0.3) is 0 Å². The summed E-state index contributed by atoms with van der Waals surface area (Å²) in [6.07, 6.45) is 0. The molecule has 170 valence electrons. The van der Waals surface area contributed by atoms with Crippen LogP contribution in [0.5, 0.6) is 11.5 Å². The van der Waals surface area contributed by atoms with E-state index in [2.05, 4.69) is 10.2 Å². The van der Waals surface area contributed by atoms with Gasteiger partial charge >= 0.3 is 183 Å². The van der Waals surface area contributed by atoms with Gasteiger partial charge in [-0.05, 0) is 0 Å². The molecule has 0 fully saturated rings. The molecule has 32 heavy (non-hydrogen) atoms. The fourth-order valence-corrected chi connectivity index (χ4v) is 5.45. The predicted molar refractivity (Wildman–Crippen MR) is 108 cm³/mol. The van der Waals surface area contributed by atoms with Crippen molar-refractivity contribution < 1.29 is 48.1 Å². The van der Waals surface area contributed by atoms with Crippen LogP contribution in [0.2, 0.25) is 0 Å². The van der Waals surface area contributed by atoms with Gasteiger partial charge in [0, 0.05) is 0 Å². The zero-order valence-corrected chi connectivity index (χ0v) is 18.9. The SMILES string of the molecule is O=S(=O)(O)c1cc(O)c2c(O)cc(S(=O)(=O)O)c(N=Nc3ccccc3[As](=O)(O)O)c2c1. The summed E-state index contributed by atoms with van der Waals surface area (Å²) in [6, 6.07) is 6.63. The number of phenolic OH excluding ortho intramolecular Hbond substituents is 2. The van der Waals surface area contributed by atoms with Crippen molar-refractivity contribution in [1.82, 2.24) is 0 Å². The van der Waals surface area contributed by atoms with Crippen molar-refractivity contribution in [2.75, 3.05) is 0 Å². The third-order valence-corrected chi connectivity index (χ3v) is 7.94. The maximum atomic E-state index is 11.8. The Morgan fingerprint density at radius 3 is 1.97 bits per heavy atom. The van der Waals surface area contributed by atoms with Crippen LogP contribution < -0.4 is 4.35 Å². The van der Waals surface area contributed by atoms with Crippen molar-refractivity contribution >= 4 is 60.9 Å². The molecule has 0 aliphatic carbocycles. The van der Waals surface area contributed by atoms with Crippen LogP contribution in [-0.2, 0) is 24.0 Å². The molecule has 0 atom stereocenters. The van der Waals surface area contributed by atoms with Gasteiger partial charge in [-0.1, -0.05) is 0 Å². The van der Waals surface area contributed by atoms with E-state index >= 15 is 0 Å². The number of rotatable bonds is 5. The second kappa shape index (κ2) is 7.97. The van der Waals surface area contributed by atoms with E-state index in [1.165, 1.54) is 12.1 Å². The Kier molecular flexibility index (Phi) is 5.95. The molecule has 3 rings (SSSR count). The van der Waals surface area contributed by atoms with Crippen molar-refractivity contribution in [3.63, 3.8) is 0 Å². The Labute approximate surface area is 182 Å². The average Bonchev–Trinajstić information content (AvgIpc) is 2.64. The van der Waals surface area contributed by atoms with Gasteiger partial charge in [0.05, 0.1) is 0 Å². The minimum atomic E-state index is -5.50. The number of aromatic hydroxyl groups is 2. The molecule has 0 saturated carbocycles. The van der Waals surface area contributed by atoms with E-state index in [-0.39, 0.29) is 5.69 Å². The zero-order chi connectivity index (χ0) is 24.1. The van der Waals surface area contributed by atoms with Gasteiger partial charge in [-0.15, -0.1) is 0 Å². The van der Waals surface area contributed by atoms with Crippen LogP contribution in [0.25, 0.3) is 10.8 Å². The molecule has 0 saturated heterocycles. The molecule has 16 heteroatoms. The average molecular weight is 548 g/mol. The van der Waals surface area contributed by atoms with Crippen LogP contribution >= 0.6 is 0 Å². The first-order chi connectivity index (χ1) is 14.6. The van der Waals surface area contributed by atoms with Crippen LogP contribution in [-0.4, -0.2) is 58.5 Å². The first-order valence-corrected chi connectivity index (χ1v) is 14.4. The van der Waals surface area contributed by atoms with E-state index in [0.717, 1.165) is 12.1 Å². The maximum absolute atomic E-state index is 11.8. The molecule has 0 amide bonds. The van der Waals surface area contributed by atoms with Crippen LogP contribution in [0, 0.1) is 0 Å². The summed E-state index contributed by atoms with van der Waals surface area (Å²) in [4.78, 5) is -1.96. The molecule has 6 N–H and O–H groups in total. The Bertz CT molecular complexity index is 1540. The van der Waals surface area contributed by atoms with Gasteiger partial charge in [-0.25, -0.2) is 0 Å². The normalized spacial score (nSPS) is 13.1. The van der Waals surface area contributed by atoms with Gasteiger partial charge in [0.2, 0.25) is 0 Å². The summed E-state index contributed by atoms with van der Waals surface area (Å²) in [5, 5.41) is 26.4. The van der Waals surface area contributed by atoms with Crippen molar-refractivity contribution in [2.24, 2.45) is 10.2 Å². The monoisotopic (exact) mass is 548 g/mol. The van der Waals surface area contributed by atoms with Gasteiger partial charge < -0.3 is 0 Å². The molecular formula is C16H13AsN2O11S2. The Morgan fingerprint density at radius 2 is 1.41 bits per heavy atom. The van der Waals surface area contributed by atoms with Crippen LogP contribution in [0.15, 0.2) is 62.5 Å². The molecule has 0 aliphatic rings. The molecule has 0 aliphatic heterocycles.